The molecule has 0 amide bonds. The molecule has 0 aromatic heterocycles. The maximum Gasteiger partial charge on any atom is 0.269 e. The lowest BCUT2D eigenvalue weighted by Crippen LogP contribution is -2.43. The Kier molecular flexibility index (Phi) is 4.79. The largest absolute Gasteiger partial charge is 0.340 e. The number of benzene rings is 2. The van der Waals surface area contributed by atoms with Gasteiger partial charge in [0.1, 0.15) is 0 Å². The van der Waals surface area contributed by atoms with Crippen molar-refractivity contribution in [3.05, 3.63) is 68.8 Å². The van der Waals surface area contributed by atoms with E-state index in [0.29, 0.717) is 17.9 Å². The third-order valence-corrected chi connectivity index (χ3v) is 3.31. The van der Waals surface area contributed by atoms with Gasteiger partial charge in [0.15, 0.2) is 0 Å². The Hall–Kier alpha value is -3.00. The van der Waals surface area contributed by atoms with Crippen molar-refractivity contribution >= 4 is 22.7 Å². The molecule has 126 valence electrons. The van der Waals surface area contributed by atoms with Gasteiger partial charge in [-0.2, -0.15) is 0 Å². The highest BCUT2D eigenvalue weighted by atomic mass is 16.6. The molecule has 0 bridgehead atoms. The van der Waals surface area contributed by atoms with Crippen LogP contribution in [0.15, 0.2) is 48.5 Å². The van der Waals surface area contributed by atoms with Crippen molar-refractivity contribution in [3.63, 3.8) is 0 Å². The van der Waals surface area contributed by atoms with Gasteiger partial charge in [-0.05, 0) is 38.1 Å². The zero-order valence-corrected chi connectivity index (χ0v) is 13.4. The molecule has 0 radical (unpaired) electrons. The van der Waals surface area contributed by atoms with Crippen LogP contribution in [0.4, 0.5) is 22.7 Å². The summed E-state index contributed by atoms with van der Waals surface area (Å²) in [4.78, 5) is 22.5. The zero-order chi connectivity index (χ0) is 17.9. The van der Waals surface area contributed by atoms with Crippen LogP contribution in [-0.2, 0) is 0 Å². The number of rotatable bonds is 6. The van der Waals surface area contributed by atoms with Crippen molar-refractivity contribution in [2.45, 2.75) is 19.4 Å². The Balaban J connectivity index is 2.40. The number of non-ortho nitro benzene ring substituents is 2. The van der Waals surface area contributed by atoms with Gasteiger partial charge in [-0.3, -0.25) is 20.2 Å². The molecular weight excluding hydrogens is 312 g/mol. The van der Waals surface area contributed by atoms with Crippen molar-refractivity contribution < 1.29 is 9.85 Å². The summed E-state index contributed by atoms with van der Waals surface area (Å²) in [5.41, 5.74) is 6.99. The average Bonchev–Trinajstić information content (AvgIpc) is 2.52. The van der Waals surface area contributed by atoms with Crippen LogP contribution in [0, 0.1) is 20.2 Å². The average molecular weight is 330 g/mol. The van der Waals surface area contributed by atoms with Crippen molar-refractivity contribution in [1.29, 1.82) is 0 Å². The van der Waals surface area contributed by atoms with Crippen LogP contribution in [-0.4, -0.2) is 21.9 Å². The van der Waals surface area contributed by atoms with Crippen molar-refractivity contribution in [2.24, 2.45) is 5.73 Å². The van der Waals surface area contributed by atoms with Gasteiger partial charge >= 0.3 is 0 Å². The van der Waals surface area contributed by atoms with E-state index in [2.05, 4.69) is 0 Å². The van der Waals surface area contributed by atoms with Gasteiger partial charge in [-0.1, -0.05) is 0 Å². The monoisotopic (exact) mass is 330 g/mol. The summed E-state index contributed by atoms with van der Waals surface area (Å²) in [6.45, 7) is 4.15. The van der Waals surface area contributed by atoms with E-state index in [4.69, 9.17) is 5.73 Å². The second-order valence-electron chi connectivity index (χ2n) is 6.12. The Bertz CT molecular complexity index is 679. The third kappa shape index (κ3) is 4.26. The van der Waals surface area contributed by atoms with Gasteiger partial charge in [0, 0.05) is 47.7 Å². The molecule has 0 saturated carbocycles. The van der Waals surface area contributed by atoms with Crippen LogP contribution in [0.5, 0.6) is 0 Å². The summed E-state index contributed by atoms with van der Waals surface area (Å²) >= 11 is 0. The highest BCUT2D eigenvalue weighted by molar-refractivity contribution is 5.65. The van der Waals surface area contributed by atoms with Gasteiger partial charge in [-0.25, -0.2) is 0 Å². The van der Waals surface area contributed by atoms with Crippen LogP contribution < -0.4 is 10.6 Å². The highest BCUT2D eigenvalue weighted by Crippen LogP contribution is 2.29. The Morgan fingerprint density at radius 3 is 1.46 bits per heavy atom. The molecule has 0 spiro atoms. The number of nitrogens with two attached hydrogens (primary N) is 1. The lowest BCUT2D eigenvalue weighted by molar-refractivity contribution is -0.385. The first-order valence-corrected chi connectivity index (χ1v) is 7.23. The maximum absolute atomic E-state index is 10.8. The number of hydrogen-bond donors (Lipinski definition) is 1. The van der Waals surface area contributed by atoms with Crippen molar-refractivity contribution in [1.82, 2.24) is 0 Å². The van der Waals surface area contributed by atoms with Crippen LogP contribution in [0.3, 0.4) is 0 Å². The lowest BCUT2D eigenvalue weighted by atomic mass is 10.1. The molecule has 0 fully saturated rings. The quantitative estimate of drug-likeness (QED) is 0.641. The molecule has 8 heteroatoms. The molecule has 2 N–H and O–H groups in total. The van der Waals surface area contributed by atoms with E-state index < -0.39 is 15.4 Å². The van der Waals surface area contributed by atoms with Crippen LogP contribution >= 0.6 is 0 Å². The third-order valence-electron chi connectivity index (χ3n) is 3.31. The van der Waals surface area contributed by atoms with E-state index >= 15 is 0 Å². The van der Waals surface area contributed by atoms with Crippen LogP contribution in [0.2, 0.25) is 0 Å². The molecule has 2 aromatic carbocycles. The predicted octanol–water partition coefficient (Wildman–Crippen LogP) is 3.38. The molecule has 8 nitrogen and oxygen atoms in total. The molecule has 0 heterocycles. The van der Waals surface area contributed by atoms with Gasteiger partial charge in [0.05, 0.1) is 9.85 Å². The van der Waals surface area contributed by atoms with E-state index in [1.807, 2.05) is 18.7 Å². The minimum atomic E-state index is -0.538. The molecule has 0 aliphatic heterocycles. The Morgan fingerprint density at radius 1 is 0.875 bits per heavy atom. The molecule has 24 heavy (non-hydrogen) atoms. The first-order valence-electron chi connectivity index (χ1n) is 7.23. The smallest absolute Gasteiger partial charge is 0.269 e. The van der Waals surface area contributed by atoms with E-state index in [1.54, 1.807) is 24.3 Å². The topological polar surface area (TPSA) is 116 Å². The predicted molar refractivity (Wildman–Crippen MR) is 91.5 cm³/mol. The number of anilines is 2. The number of nitrogens with zero attached hydrogens (tertiary/aromatic N) is 3. The molecule has 0 atom stereocenters. The minimum absolute atomic E-state index is 0.00518. The molecule has 0 unspecified atom stereocenters. The summed E-state index contributed by atoms with van der Waals surface area (Å²) in [6.07, 6.45) is 0. The van der Waals surface area contributed by atoms with Gasteiger partial charge in [0.2, 0.25) is 0 Å². The molecule has 0 saturated heterocycles. The van der Waals surface area contributed by atoms with Crippen molar-refractivity contribution in [2.75, 3.05) is 11.4 Å². The summed E-state index contributed by atoms with van der Waals surface area (Å²) in [7, 11) is 0. The summed E-state index contributed by atoms with van der Waals surface area (Å²) in [5.74, 6) is 0. The molecule has 0 aliphatic rings. The first kappa shape index (κ1) is 17.4. The van der Waals surface area contributed by atoms with Crippen LogP contribution in [0.1, 0.15) is 13.8 Å². The van der Waals surface area contributed by atoms with Crippen molar-refractivity contribution in [3.8, 4) is 0 Å². The molecule has 2 rings (SSSR count). The number of nitro groups is 2. The van der Waals surface area contributed by atoms with Gasteiger partial charge < -0.3 is 10.6 Å². The SMILES string of the molecule is CC(C)(N)CN(c1ccc([N+](=O)[O-])cc1)c1ccc([N+](=O)[O-])cc1. The highest BCUT2D eigenvalue weighted by Gasteiger charge is 2.20. The fourth-order valence-corrected chi connectivity index (χ4v) is 2.25. The van der Waals surface area contributed by atoms with E-state index in [1.165, 1.54) is 24.3 Å². The standard InChI is InChI=1S/C16H18N4O4/c1-16(2,17)11-18(12-3-7-14(8-4-12)19(21)22)13-5-9-15(10-6-13)20(23)24/h3-10H,11,17H2,1-2H3. The van der Waals surface area contributed by atoms with Crippen LogP contribution in [0.25, 0.3) is 0 Å². The maximum atomic E-state index is 10.8. The zero-order valence-electron chi connectivity index (χ0n) is 13.4. The lowest BCUT2D eigenvalue weighted by Gasteiger charge is -2.31. The first-order chi connectivity index (χ1) is 11.2. The van der Waals surface area contributed by atoms with E-state index in [0.717, 1.165) is 0 Å². The number of nitro benzene ring substituents is 2. The Labute approximate surface area is 138 Å². The molecule has 0 aliphatic carbocycles. The molecular formula is C16H18N4O4. The van der Waals surface area contributed by atoms with E-state index in [-0.39, 0.29) is 11.4 Å². The second kappa shape index (κ2) is 6.63. The summed E-state index contributed by atoms with van der Waals surface area (Å²) in [6, 6.07) is 12.2. The minimum Gasteiger partial charge on any atom is -0.340 e. The fraction of sp³-hybridized carbons (Fsp3) is 0.250. The van der Waals surface area contributed by atoms with Gasteiger partial charge in [0.25, 0.3) is 11.4 Å². The second-order valence-corrected chi connectivity index (χ2v) is 6.12. The Morgan fingerprint density at radius 2 is 1.21 bits per heavy atom. The van der Waals surface area contributed by atoms with Gasteiger partial charge in [-0.15, -0.1) is 0 Å². The summed E-state index contributed by atoms with van der Waals surface area (Å²) < 4.78 is 0. The summed E-state index contributed by atoms with van der Waals surface area (Å²) in [5, 5.41) is 21.6. The fourth-order valence-electron chi connectivity index (χ4n) is 2.25. The molecule has 2 aromatic rings. The normalized spacial score (nSPS) is 11.1. The number of hydrogen-bond acceptors (Lipinski definition) is 6. The van der Waals surface area contributed by atoms with E-state index in [9.17, 15) is 20.2 Å².